The summed E-state index contributed by atoms with van der Waals surface area (Å²) in [5, 5.41) is 7.09. The Morgan fingerprint density at radius 2 is 1.85 bits per heavy atom. The van der Waals surface area contributed by atoms with Crippen LogP contribution in [0, 0.1) is 3.57 Å². The summed E-state index contributed by atoms with van der Waals surface area (Å²) < 4.78 is 0.964. The Labute approximate surface area is 140 Å². The first-order valence-electron chi connectivity index (χ1n) is 5.79. The molecule has 0 bridgehead atoms. The highest BCUT2D eigenvalue weighted by molar-refractivity contribution is 14.1. The van der Waals surface area contributed by atoms with Crippen LogP contribution in [0.1, 0.15) is 0 Å². The molecule has 0 atom stereocenters. The standard InChI is InChI=1S/C14H11Cl2IN2O/c15-9-2-1-3-11(6-9)19-14(20)8-18-13-5-4-10(16)7-12(13)17/h1-7,18H,8H2,(H,19,20). The van der Waals surface area contributed by atoms with Gasteiger partial charge in [-0.2, -0.15) is 0 Å². The summed E-state index contributed by atoms with van der Waals surface area (Å²) in [6, 6.07) is 12.5. The molecule has 2 N–H and O–H groups in total. The van der Waals surface area contributed by atoms with E-state index in [4.69, 9.17) is 23.2 Å². The second-order valence-corrected chi connectivity index (χ2v) is 6.07. The molecular weight excluding hydrogens is 410 g/mol. The minimum atomic E-state index is -0.141. The van der Waals surface area contributed by atoms with E-state index in [0.29, 0.717) is 15.7 Å². The highest BCUT2D eigenvalue weighted by Crippen LogP contribution is 2.22. The number of rotatable bonds is 4. The summed E-state index contributed by atoms with van der Waals surface area (Å²) in [7, 11) is 0. The van der Waals surface area contributed by atoms with Crippen LogP contribution in [0.3, 0.4) is 0 Å². The number of amides is 1. The van der Waals surface area contributed by atoms with E-state index in [9.17, 15) is 4.79 Å². The van der Waals surface area contributed by atoms with Crippen LogP contribution in [-0.4, -0.2) is 12.5 Å². The largest absolute Gasteiger partial charge is 0.375 e. The van der Waals surface area contributed by atoms with Crippen LogP contribution in [0.25, 0.3) is 0 Å². The summed E-state index contributed by atoms with van der Waals surface area (Å²) in [4.78, 5) is 11.8. The van der Waals surface area contributed by atoms with Gasteiger partial charge in [0.2, 0.25) is 5.91 Å². The van der Waals surface area contributed by atoms with Crippen LogP contribution in [-0.2, 0) is 4.79 Å². The molecule has 0 heterocycles. The number of nitrogens with one attached hydrogen (secondary N) is 2. The SMILES string of the molecule is O=C(CNc1ccc(Cl)cc1I)Nc1cccc(Cl)c1. The third-order valence-corrected chi connectivity index (χ3v) is 3.84. The average Bonchev–Trinajstić information content (AvgIpc) is 2.37. The van der Waals surface area contributed by atoms with E-state index in [1.165, 1.54) is 0 Å². The van der Waals surface area contributed by atoms with Crippen molar-refractivity contribution in [2.24, 2.45) is 0 Å². The van der Waals surface area contributed by atoms with Gasteiger partial charge in [-0.25, -0.2) is 0 Å². The fraction of sp³-hybridized carbons (Fsp3) is 0.0714. The highest BCUT2D eigenvalue weighted by Gasteiger charge is 2.05. The van der Waals surface area contributed by atoms with Gasteiger partial charge in [0.05, 0.1) is 6.54 Å². The topological polar surface area (TPSA) is 41.1 Å². The molecule has 0 fully saturated rings. The normalized spacial score (nSPS) is 10.2. The second kappa shape index (κ2) is 7.15. The zero-order chi connectivity index (χ0) is 14.5. The minimum absolute atomic E-state index is 0.141. The Bertz CT molecular complexity index is 634. The fourth-order valence-corrected chi connectivity index (χ4v) is 2.83. The van der Waals surface area contributed by atoms with Crippen molar-refractivity contribution < 1.29 is 4.79 Å². The van der Waals surface area contributed by atoms with E-state index in [1.807, 2.05) is 12.1 Å². The Morgan fingerprint density at radius 1 is 1.10 bits per heavy atom. The van der Waals surface area contributed by atoms with E-state index >= 15 is 0 Å². The molecule has 20 heavy (non-hydrogen) atoms. The van der Waals surface area contributed by atoms with Crippen molar-refractivity contribution in [1.82, 2.24) is 0 Å². The maximum absolute atomic E-state index is 11.8. The molecule has 0 saturated heterocycles. The third-order valence-electron chi connectivity index (χ3n) is 2.48. The van der Waals surface area contributed by atoms with Gasteiger partial charge in [0.1, 0.15) is 0 Å². The fourth-order valence-electron chi connectivity index (χ4n) is 1.58. The van der Waals surface area contributed by atoms with E-state index in [-0.39, 0.29) is 12.5 Å². The van der Waals surface area contributed by atoms with Gasteiger partial charge in [0, 0.05) is 25.0 Å². The first-order chi connectivity index (χ1) is 9.54. The molecule has 0 aliphatic rings. The van der Waals surface area contributed by atoms with Crippen molar-refractivity contribution in [3.05, 3.63) is 56.1 Å². The first-order valence-corrected chi connectivity index (χ1v) is 7.62. The molecule has 3 nitrogen and oxygen atoms in total. The molecule has 1 amide bonds. The second-order valence-electron chi connectivity index (χ2n) is 4.04. The van der Waals surface area contributed by atoms with Gasteiger partial charge >= 0.3 is 0 Å². The van der Waals surface area contributed by atoms with Gasteiger partial charge in [-0.15, -0.1) is 0 Å². The molecular formula is C14H11Cl2IN2O. The lowest BCUT2D eigenvalue weighted by Crippen LogP contribution is -2.22. The molecule has 2 aromatic carbocycles. The zero-order valence-electron chi connectivity index (χ0n) is 10.3. The number of halogens is 3. The minimum Gasteiger partial charge on any atom is -0.375 e. The van der Waals surface area contributed by atoms with Crippen molar-refractivity contribution in [2.45, 2.75) is 0 Å². The molecule has 6 heteroatoms. The van der Waals surface area contributed by atoms with E-state index in [2.05, 4.69) is 33.2 Å². The molecule has 0 unspecified atom stereocenters. The smallest absolute Gasteiger partial charge is 0.243 e. The van der Waals surface area contributed by atoms with Crippen molar-refractivity contribution >= 4 is 63.1 Å². The Kier molecular flexibility index (Phi) is 5.51. The molecule has 0 aromatic heterocycles. The van der Waals surface area contributed by atoms with Gasteiger partial charge < -0.3 is 10.6 Å². The van der Waals surface area contributed by atoms with Gasteiger partial charge in [-0.05, 0) is 59.0 Å². The lowest BCUT2D eigenvalue weighted by Gasteiger charge is -2.09. The Morgan fingerprint density at radius 3 is 2.55 bits per heavy atom. The van der Waals surface area contributed by atoms with Crippen molar-refractivity contribution in [1.29, 1.82) is 0 Å². The van der Waals surface area contributed by atoms with Crippen molar-refractivity contribution in [3.8, 4) is 0 Å². The summed E-state index contributed by atoms with van der Waals surface area (Å²) >= 11 is 13.9. The summed E-state index contributed by atoms with van der Waals surface area (Å²) in [6.45, 7) is 0.171. The first kappa shape index (κ1) is 15.4. The predicted octanol–water partition coefficient (Wildman–Crippen LogP) is 4.65. The monoisotopic (exact) mass is 420 g/mol. The van der Waals surface area contributed by atoms with Crippen LogP contribution in [0.15, 0.2) is 42.5 Å². The molecule has 2 aromatic rings. The van der Waals surface area contributed by atoms with Gasteiger partial charge in [-0.1, -0.05) is 29.3 Å². The lowest BCUT2D eigenvalue weighted by molar-refractivity contribution is -0.114. The number of hydrogen-bond donors (Lipinski definition) is 2. The van der Waals surface area contributed by atoms with Crippen LogP contribution < -0.4 is 10.6 Å². The van der Waals surface area contributed by atoms with E-state index in [1.54, 1.807) is 30.3 Å². The maximum Gasteiger partial charge on any atom is 0.243 e. The number of carbonyl (C=O) groups is 1. The molecule has 0 radical (unpaired) electrons. The van der Waals surface area contributed by atoms with Crippen LogP contribution in [0.4, 0.5) is 11.4 Å². The Balaban J connectivity index is 1.92. The molecule has 0 saturated carbocycles. The number of carbonyl (C=O) groups excluding carboxylic acids is 1. The summed E-state index contributed by atoms with van der Waals surface area (Å²) in [5.74, 6) is -0.141. The zero-order valence-corrected chi connectivity index (χ0v) is 14.0. The molecule has 0 aliphatic carbocycles. The quantitative estimate of drug-likeness (QED) is 0.707. The van der Waals surface area contributed by atoms with Gasteiger partial charge in [0.25, 0.3) is 0 Å². The number of benzene rings is 2. The highest BCUT2D eigenvalue weighted by atomic mass is 127. The molecule has 104 valence electrons. The molecule has 0 spiro atoms. The van der Waals surface area contributed by atoms with Crippen LogP contribution >= 0.6 is 45.8 Å². The predicted molar refractivity (Wildman–Crippen MR) is 92.7 cm³/mol. The van der Waals surface area contributed by atoms with Crippen LogP contribution in [0.2, 0.25) is 10.0 Å². The lowest BCUT2D eigenvalue weighted by atomic mass is 10.3. The number of anilines is 2. The maximum atomic E-state index is 11.8. The summed E-state index contributed by atoms with van der Waals surface area (Å²) in [6.07, 6.45) is 0. The van der Waals surface area contributed by atoms with Gasteiger partial charge in [0.15, 0.2) is 0 Å². The summed E-state index contributed by atoms with van der Waals surface area (Å²) in [5.41, 5.74) is 1.55. The Hall–Kier alpha value is -0.980. The van der Waals surface area contributed by atoms with Crippen LogP contribution in [0.5, 0.6) is 0 Å². The number of hydrogen-bond acceptors (Lipinski definition) is 2. The van der Waals surface area contributed by atoms with Gasteiger partial charge in [-0.3, -0.25) is 4.79 Å². The molecule has 2 rings (SSSR count). The average molecular weight is 421 g/mol. The molecule has 0 aliphatic heterocycles. The van der Waals surface area contributed by atoms with Crippen molar-refractivity contribution in [3.63, 3.8) is 0 Å². The van der Waals surface area contributed by atoms with E-state index in [0.717, 1.165) is 9.26 Å². The van der Waals surface area contributed by atoms with Crippen molar-refractivity contribution in [2.75, 3.05) is 17.2 Å². The van der Waals surface area contributed by atoms with E-state index < -0.39 is 0 Å². The third kappa shape index (κ3) is 4.54.